The SMILES string of the molecule is Cc1csc2ncnc(Nc3ccccc3OC(C)C(C)C)c12. The van der Waals surface area contributed by atoms with E-state index in [0.29, 0.717) is 5.92 Å². The van der Waals surface area contributed by atoms with Crippen molar-refractivity contribution in [3.05, 3.63) is 41.5 Å². The van der Waals surface area contributed by atoms with Crippen molar-refractivity contribution in [2.45, 2.75) is 33.8 Å². The molecule has 0 radical (unpaired) electrons. The molecule has 1 unspecified atom stereocenters. The lowest BCUT2D eigenvalue weighted by molar-refractivity contribution is 0.171. The number of anilines is 2. The number of benzene rings is 1. The van der Waals surface area contributed by atoms with Crippen molar-refractivity contribution in [1.29, 1.82) is 0 Å². The molecular formula is C18H21N3OS. The van der Waals surface area contributed by atoms with Crippen LogP contribution in [0.1, 0.15) is 26.3 Å². The summed E-state index contributed by atoms with van der Waals surface area (Å²) >= 11 is 1.64. The first-order valence-electron chi connectivity index (χ1n) is 7.77. The Bertz CT molecular complexity index is 813. The van der Waals surface area contributed by atoms with E-state index in [0.717, 1.165) is 27.5 Å². The molecule has 0 aliphatic carbocycles. The van der Waals surface area contributed by atoms with E-state index in [9.17, 15) is 0 Å². The topological polar surface area (TPSA) is 47.0 Å². The van der Waals surface area contributed by atoms with Gasteiger partial charge >= 0.3 is 0 Å². The summed E-state index contributed by atoms with van der Waals surface area (Å²) in [6.07, 6.45) is 1.74. The fourth-order valence-corrected chi connectivity index (χ4v) is 3.14. The van der Waals surface area contributed by atoms with Gasteiger partial charge in [-0.05, 0) is 42.8 Å². The van der Waals surface area contributed by atoms with Crippen molar-refractivity contribution < 1.29 is 4.74 Å². The number of rotatable bonds is 5. The van der Waals surface area contributed by atoms with Crippen molar-refractivity contribution in [3.8, 4) is 5.75 Å². The Morgan fingerprint density at radius 1 is 1.13 bits per heavy atom. The second-order valence-corrected chi connectivity index (χ2v) is 6.87. The van der Waals surface area contributed by atoms with Crippen molar-refractivity contribution in [1.82, 2.24) is 9.97 Å². The molecule has 23 heavy (non-hydrogen) atoms. The summed E-state index contributed by atoms with van der Waals surface area (Å²) in [4.78, 5) is 9.75. The van der Waals surface area contributed by atoms with Crippen LogP contribution >= 0.6 is 11.3 Å². The number of fused-ring (bicyclic) bond motifs is 1. The van der Waals surface area contributed by atoms with Crippen LogP contribution in [0.2, 0.25) is 0 Å². The molecule has 1 N–H and O–H groups in total. The maximum Gasteiger partial charge on any atom is 0.143 e. The van der Waals surface area contributed by atoms with E-state index in [2.05, 4.69) is 48.4 Å². The van der Waals surface area contributed by atoms with E-state index < -0.39 is 0 Å². The summed E-state index contributed by atoms with van der Waals surface area (Å²) in [6.45, 7) is 8.48. The summed E-state index contributed by atoms with van der Waals surface area (Å²) in [5.41, 5.74) is 2.10. The number of hydrogen-bond acceptors (Lipinski definition) is 5. The zero-order valence-corrected chi connectivity index (χ0v) is 14.6. The molecule has 2 heterocycles. The molecule has 1 atom stereocenters. The van der Waals surface area contributed by atoms with E-state index >= 15 is 0 Å². The third-order valence-electron chi connectivity index (χ3n) is 3.95. The van der Waals surface area contributed by atoms with Gasteiger partial charge in [-0.15, -0.1) is 11.3 Å². The fraction of sp³-hybridized carbons (Fsp3) is 0.333. The van der Waals surface area contributed by atoms with Gasteiger partial charge in [-0.25, -0.2) is 9.97 Å². The Morgan fingerprint density at radius 2 is 1.91 bits per heavy atom. The first kappa shape index (κ1) is 15.7. The first-order valence-corrected chi connectivity index (χ1v) is 8.65. The standard InChI is InChI=1S/C18H21N3OS/c1-11(2)13(4)22-15-8-6-5-7-14(15)21-17-16-12(3)9-23-18(16)20-10-19-17/h5-11,13H,1-4H3,(H,19,20,21). The van der Waals surface area contributed by atoms with Crippen LogP contribution in [0.3, 0.4) is 0 Å². The summed E-state index contributed by atoms with van der Waals surface area (Å²) in [5.74, 6) is 2.11. The number of nitrogens with zero attached hydrogens (tertiary/aromatic N) is 2. The van der Waals surface area contributed by atoms with Gasteiger partial charge in [0.25, 0.3) is 0 Å². The van der Waals surface area contributed by atoms with Gasteiger partial charge < -0.3 is 10.1 Å². The maximum atomic E-state index is 6.10. The Kier molecular flexibility index (Phi) is 4.48. The Labute approximate surface area is 140 Å². The molecule has 5 heteroatoms. The molecule has 3 rings (SSSR count). The minimum atomic E-state index is 0.145. The van der Waals surface area contributed by atoms with Crippen molar-refractivity contribution in [3.63, 3.8) is 0 Å². The van der Waals surface area contributed by atoms with Crippen LogP contribution < -0.4 is 10.1 Å². The predicted molar refractivity (Wildman–Crippen MR) is 96.8 cm³/mol. The second-order valence-electron chi connectivity index (χ2n) is 6.01. The smallest absolute Gasteiger partial charge is 0.143 e. The highest BCUT2D eigenvalue weighted by molar-refractivity contribution is 7.17. The highest BCUT2D eigenvalue weighted by Gasteiger charge is 2.14. The van der Waals surface area contributed by atoms with Gasteiger partial charge in [0.1, 0.15) is 22.7 Å². The van der Waals surface area contributed by atoms with Crippen LogP contribution in [0.4, 0.5) is 11.5 Å². The molecule has 2 aromatic heterocycles. The van der Waals surface area contributed by atoms with Gasteiger partial charge in [0.05, 0.1) is 17.2 Å². The number of ether oxygens (including phenoxy) is 1. The van der Waals surface area contributed by atoms with Crippen molar-refractivity contribution >= 4 is 33.1 Å². The molecule has 120 valence electrons. The molecule has 1 aromatic carbocycles. The Morgan fingerprint density at radius 3 is 2.70 bits per heavy atom. The van der Waals surface area contributed by atoms with E-state index in [1.807, 2.05) is 24.3 Å². The number of aryl methyl sites for hydroxylation is 1. The second kappa shape index (κ2) is 6.54. The molecule has 0 aliphatic rings. The lowest BCUT2D eigenvalue weighted by atomic mass is 10.1. The lowest BCUT2D eigenvalue weighted by Crippen LogP contribution is -2.19. The van der Waals surface area contributed by atoms with Gasteiger partial charge in [0.15, 0.2) is 0 Å². The van der Waals surface area contributed by atoms with Gasteiger partial charge in [-0.2, -0.15) is 0 Å². The maximum absolute atomic E-state index is 6.10. The molecule has 0 spiro atoms. The predicted octanol–water partition coefficient (Wildman–Crippen LogP) is 5.17. The minimum Gasteiger partial charge on any atom is -0.488 e. The first-order chi connectivity index (χ1) is 11.1. The van der Waals surface area contributed by atoms with E-state index in [1.54, 1.807) is 17.7 Å². The van der Waals surface area contributed by atoms with Crippen LogP contribution in [0.15, 0.2) is 36.0 Å². The average Bonchev–Trinajstić information content (AvgIpc) is 2.91. The molecule has 0 saturated heterocycles. The zero-order chi connectivity index (χ0) is 16.4. The molecule has 4 nitrogen and oxygen atoms in total. The van der Waals surface area contributed by atoms with E-state index in [4.69, 9.17) is 4.74 Å². The number of aromatic nitrogens is 2. The van der Waals surface area contributed by atoms with Crippen LogP contribution in [-0.2, 0) is 0 Å². The normalized spacial score (nSPS) is 12.6. The average molecular weight is 327 g/mol. The van der Waals surface area contributed by atoms with Gasteiger partial charge in [-0.1, -0.05) is 26.0 Å². The molecule has 0 fully saturated rings. The van der Waals surface area contributed by atoms with Crippen LogP contribution in [-0.4, -0.2) is 16.1 Å². The lowest BCUT2D eigenvalue weighted by Gasteiger charge is -2.20. The highest BCUT2D eigenvalue weighted by Crippen LogP contribution is 2.33. The minimum absolute atomic E-state index is 0.145. The highest BCUT2D eigenvalue weighted by atomic mass is 32.1. The van der Waals surface area contributed by atoms with Crippen molar-refractivity contribution in [2.24, 2.45) is 5.92 Å². The largest absolute Gasteiger partial charge is 0.488 e. The van der Waals surface area contributed by atoms with Gasteiger partial charge in [0.2, 0.25) is 0 Å². The quantitative estimate of drug-likeness (QED) is 0.702. The Balaban J connectivity index is 1.95. The molecule has 0 saturated carbocycles. The fourth-order valence-electron chi connectivity index (χ4n) is 2.25. The van der Waals surface area contributed by atoms with Crippen molar-refractivity contribution in [2.75, 3.05) is 5.32 Å². The third-order valence-corrected chi connectivity index (χ3v) is 4.95. The Hall–Kier alpha value is -2.14. The number of thiophene rings is 1. The summed E-state index contributed by atoms with van der Waals surface area (Å²) in [7, 11) is 0. The number of hydrogen-bond donors (Lipinski definition) is 1. The van der Waals surface area contributed by atoms with Crippen LogP contribution in [0.25, 0.3) is 10.2 Å². The van der Waals surface area contributed by atoms with E-state index in [-0.39, 0.29) is 6.10 Å². The zero-order valence-electron chi connectivity index (χ0n) is 13.8. The molecule has 0 amide bonds. The molecule has 0 aliphatic heterocycles. The number of para-hydroxylation sites is 2. The van der Waals surface area contributed by atoms with Crippen LogP contribution in [0.5, 0.6) is 5.75 Å². The van der Waals surface area contributed by atoms with E-state index in [1.165, 1.54) is 5.56 Å². The molecular weight excluding hydrogens is 306 g/mol. The van der Waals surface area contributed by atoms with Gasteiger partial charge in [0, 0.05) is 0 Å². The molecule has 0 bridgehead atoms. The summed E-state index contributed by atoms with van der Waals surface area (Å²) in [5, 5.41) is 6.60. The van der Waals surface area contributed by atoms with Gasteiger partial charge in [-0.3, -0.25) is 0 Å². The monoisotopic (exact) mass is 327 g/mol. The number of nitrogens with one attached hydrogen (secondary N) is 1. The van der Waals surface area contributed by atoms with Crippen LogP contribution in [0, 0.1) is 12.8 Å². The third kappa shape index (κ3) is 3.29. The molecule has 3 aromatic rings. The summed E-state index contributed by atoms with van der Waals surface area (Å²) in [6, 6.07) is 7.98. The summed E-state index contributed by atoms with van der Waals surface area (Å²) < 4.78 is 6.10.